The number of fused-ring (bicyclic) bond motifs is 1. The Hall–Kier alpha value is -2.51. The van der Waals surface area contributed by atoms with Gasteiger partial charge >= 0.3 is 0 Å². The van der Waals surface area contributed by atoms with E-state index in [1.807, 2.05) is 12.1 Å². The fourth-order valence-corrected chi connectivity index (χ4v) is 5.65. The lowest BCUT2D eigenvalue weighted by atomic mass is 9.84. The summed E-state index contributed by atoms with van der Waals surface area (Å²) >= 11 is 0. The predicted octanol–water partition coefficient (Wildman–Crippen LogP) is 4.18. The van der Waals surface area contributed by atoms with E-state index in [4.69, 9.17) is 0 Å². The highest BCUT2D eigenvalue weighted by Gasteiger charge is 2.25. The number of para-hydroxylation sites is 1. The van der Waals surface area contributed by atoms with Gasteiger partial charge in [0, 0.05) is 6.54 Å². The van der Waals surface area contributed by atoms with Crippen molar-refractivity contribution >= 4 is 20.9 Å². The van der Waals surface area contributed by atoms with Crippen LogP contribution in [-0.4, -0.2) is 29.2 Å². The second-order valence-corrected chi connectivity index (χ2v) is 9.80. The van der Waals surface area contributed by atoms with Crippen molar-refractivity contribution in [3.05, 3.63) is 70.3 Å². The zero-order valence-electron chi connectivity index (χ0n) is 17.2. The summed E-state index contributed by atoms with van der Waals surface area (Å²) < 4.78 is 27.8. The van der Waals surface area contributed by atoms with Gasteiger partial charge in [-0.25, -0.2) is 13.4 Å². The third-order valence-electron chi connectivity index (χ3n) is 5.94. The van der Waals surface area contributed by atoms with Crippen LogP contribution in [0.5, 0.6) is 0 Å². The first kappa shape index (κ1) is 20.8. The standard InChI is InChI=1S/C23H27N3O3S/c1-2-26(16-22-24-21-11-7-6-10-20(21)23(27)25-22)30(28,29)19-14-12-18(13-15-19)17-8-4-3-5-9-17/h6-7,10-15,17H,2-5,8-9,16H2,1H3,(H,24,25,27). The van der Waals surface area contributed by atoms with Gasteiger partial charge in [0.15, 0.2) is 0 Å². The zero-order chi connectivity index (χ0) is 21.1. The topological polar surface area (TPSA) is 83.1 Å². The molecule has 0 radical (unpaired) electrons. The highest BCUT2D eigenvalue weighted by atomic mass is 32.2. The first-order chi connectivity index (χ1) is 14.5. The lowest BCUT2D eigenvalue weighted by molar-refractivity contribution is 0.414. The van der Waals surface area contributed by atoms with Gasteiger partial charge in [-0.2, -0.15) is 4.31 Å². The summed E-state index contributed by atoms with van der Waals surface area (Å²) in [6, 6.07) is 14.4. The van der Waals surface area contributed by atoms with Crippen LogP contribution in [0.4, 0.5) is 0 Å². The van der Waals surface area contributed by atoms with Gasteiger partial charge in [-0.3, -0.25) is 4.79 Å². The number of rotatable bonds is 6. The lowest BCUT2D eigenvalue weighted by Gasteiger charge is -2.23. The highest BCUT2D eigenvalue weighted by Crippen LogP contribution is 2.33. The van der Waals surface area contributed by atoms with E-state index < -0.39 is 10.0 Å². The molecular formula is C23H27N3O3S. The van der Waals surface area contributed by atoms with E-state index >= 15 is 0 Å². The molecule has 1 heterocycles. The molecule has 0 bridgehead atoms. The molecule has 0 aliphatic heterocycles. The predicted molar refractivity (Wildman–Crippen MR) is 118 cm³/mol. The average Bonchev–Trinajstić information content (AvgIpc) is 2.78. The number of hydrogen-bond acceptors (Lipinski definition) is 4. The molecule has 1 aliphatic carbocycles. The molecule has 2 aromatic carbocycles. The van der Waals surface area contributed by atoms with E-state index in [-0.39, 0.29) is 23.5 Å². The monoisotopic (exact) mass is 425 g/mol. The minimum atomic E-state index is -3.69. The molecule has 30 heavy (non-hydrogen) atoms. The molecule has 1 aromatic heterocycles. The van der Waals surface area contributed by atoms with E-state index in [9.17, 15) is 13.2 Å². The van der Waals surface area contributed by atoms with Crippen molar-refractivity contribution in [1.82, 2.24) is 14.3 Å². The summed E-state index contributed by atoms with van der Waals surface area (Å²) in [4.78, 5) is 19.7. The number of benzene rings is 2. The lowest BCUT2D eigenvalue weighted by Crippen LogP contribution is -2.32. The molecule has 7 heteroatoms. The number of hydrogen-bond donors (Lipinski definition) is 1. The summed E-state index contributed by atoms with van der Waals surface area (Å²) in [5.41, 5.74) is 1.51. The van der Waals surface area contributed by atoms with Gasteiger partial charge in [0.1, 0.15) is 5.82 Å². The maximum atomic E-state index is 13.2. The van der Waals surface area contributed by atoms with E-state index in [0.717, 1.165) is 0 Å². The molecule has 0 atom stereocenters. The number of aromatic nitrogens is 2. The quantitative estimate of drug-likeness (QED) is 0.642. The Morgan fingerprint density at radius 2 is 1.73 bits per heavy atom. The van der Waals surface area contributed by atoms with E-state index in [1.54, 1.807) is 43.3 Å². The largest absolute Gasteiger partial charge is 0.309 e. The fourth-order valence-electron chi connectivity index (χ4n) is 4.24. The number of H-pyrrole nitrogens is 1. The molecular weight excluding hydrogens is 398 g/mol. The minimum Gasteiger partial charge on any atom is -0.309 e. The molecule has 0 saturated heterocycles. The van der Waals surface area contributed by atoms with Gasteiger partial charge in [-0.15, -0.1) is 0 Å². The first-order valence-electron chi connectivity index (χ1n) is 10.6. The Balaban J connectivity index is 1.58. The molecule has 1 aliphatic rings. The molecule has 0 spiro atoms. The van der Waals surface area contributed by atoms with Crippen molar-refractivity contribution in [2.45, 2.75) is 56.4 Å². The number of sulfonamides is 1. The van der Waals surface area contributed by atoms with Gasteiger partial charge < -0.3 is 4.98 Å². The Morgan fingerprint density at radius 3 is 2.43 bits per heavy atom. The van der Waals surface area contributed by atoms with Crippen molar-refractivity contribution in [3.63, 3.8) is 0 Å². The van der Waals surface area contributed by atoms with Crippen molar-refractivity contribution in [2.75, 3.05) is 6.54 Å². The molecule has 1 fully saturated rings. The normalized spacial score (nSPS) is 15.7. The Labute approximate surface area is 177 Å². The number of nitrogens with zero attached hydrogens (tertiary/aromatic N) is 2. The van der Waals surface area contributed by atoms with Crippen LogP contribution in [0.25, 0.3) is 10.9 Å². The first-order valence-corrected chi connectivity index (χ1v) is 12.0. The molecule has 158 valence electrons. The second-order valence-electron chi connectivity index (χ2n) is 7.86. The van der Waals surface area contributed by atoms with Crippen LogP contribution >= 0.6 is 0 Å². The summed E-state index contributed by atoms with van der Waals surface area (Å²) in [6.45, 7) is 2.08. The van der Waals surface area contributed by atoms with Crippen LogP contribution in [0, 0.1) is 0 Å². The van der Waals surface area contributed by atoms with Crippen LogP contribution in [0.1, 0.15) is 56.3 Å². The maximum absolute atomic E-state index is 13.2. The van der Waals surface area contributed by atoms with Gasteiger partial charge in [-0.1, -0.05) is 50.5 Å². The van der Waals surface area contributed by atoms with Gasteiger partial charge in [0.05, 0.1) is 22.3 Å². The summed E-state index contributed by atoms with van der Waals surface area (Å²) in [7, 11) is -3.69. The molecule has 3 aromatic rings. The van der Waals surface area contributed by atoms with Gasteiger partial charge in [0.2, 0.25) is 10.0 Å². The molecule has 0 amide bonds. The summed E-state index contributed by atoms with van der Waals surface area (Å²) in [5, 5.41) is 0.491. The van der Waals surface area contributed by atoms with Crippen LogP contribution in [0.2, 0.25) is 0 Å². The summed E-state index contributed by atoms with van der Waals surface area (Å²) in [5.74, 6) is 0.868. The smallest absolute Gasteiger partial charge is 0.258 e. The molecule has 0 unspecified atom stereocenters. The van der Waals surface area contributed by atoms with E-state index in [0.29, 0.717) is 22.6 Å². The maximum Gasteiger partial charge on any atom is 0.258 e. The number of aromatic amines is 1. The van der Waals surface area contributed by atoms with Crippen LogP contribution in [0.3, 0.4) is 0 Å². The SMILES string of the molecule is CCN(Cc1nc2ccccc2c(=O)[nH]1)S(=O)(=O)c1ccc(C2CCCCC2)cc1. The Bertz CT molecular complexity index is 1180. The Morgan fingerprint density at radius 1 is 1.03 bits per heavy atom. The van der Waals surface area contributed by atoms with Crippen molar-refractivity contribution in [3.8, 4) is 0 Å². The van der Waals surface area contributed by atoms with Crippen molar-refractivity contribution < 1.29 is 8.42 Å². The highest BCUT2D eigenvalue weighted by molar-refractivity contribution is 7.89. The molecule has 4 rings (SSSR count). The van der Waals surface area contributed by atoms with Crippen LogP contribution in [0.15, 0.2) is 58.2 Å². The third kappa shape index (κ3) is 4.18. The zero-order valence-corrected chi connectivity index (χ0v) is 18.0. The molecule has 1 saturated carbocycles. The fraction of sp³-hybridized carbons (Fsp3) is 0.391. The Kier molecular flexibility index (Phi) is 6.01. The van der Waals surface area contributed by atoms with Gasteiger partial charge in [0.25, 0.3) is 5.56 Å². The van der Waals surface area contributed by atoms with Crippen LogP contribution in [-0.2, 0) is 16.6 Å². The number of nitrogens with one attached hydrogen (secondary N) is 1. The average molecular weight is 426 g/mol. The van der Waals surface area contributed by atoms with Gasteiger partial charge in [-0.05, 0) is 48.6 Å². The third-order valence-corrected chi connectivity index (χ3v) is 7.87. The molecule has 6 nitrogen and oxygen atoms in total. The van der Waals surface area contributed by atoms with Crippen molar-refractivity contribution in [1.29, 1.82) is 0 Å². The summed E-state index contributed by atoms with van der Waals surface area (Å²) in [6.07, 6.45) is 6.12. The van der Waals surface area contributed by atoms with Crippen molar-refractivity contribution in [2.24, 2.45) is 0 Å². The van der Waals surface area contributed by atoms with E-state index in [2.05, 4.69) is 9.97 Å². The van der Waals surface area contributed by atoms with Crippen LogP contribution < -0.4 is 5.56 Å². The van der Waals surface area contributed by atoms with E-state index in [1.165, 1.54) is 42.0 Å². The molecule has 1 N–H and O–H groups in total. The second kappa shape index (κ2) is 8.70. The minimum absolute atomic E-state index is 0.0171.